The normalized spacial score (nSPS) is 10.7. The lowest BCUT2D eigenvalue weighted by molar-refractivity contribution is -0.118. The average Bonchev–Trinajstić information content (AvgIpc) is 2.58. The van der Waals surface area contributed by atoms with Gasteiger partial charge in [0.1, 0.15) is 0 Å². The van der Waals surface area contributed by atoms with Crippen molar-refractivity contribution < 1.29 is 14.3 Å². The molecule has 0 bridgehead atoms. The highest BCUT2D eigenvalue weighted by Crippen LogP contribution is 2.31. The molecule has 25 heavy (non-hydrogen) atoms. The van der Waals surface area contributed by atoms with E-state index >= 15 is 0 Å². The maximum atomic E-state index is 12.1. The predicted octanol–water partition coefficient (Wildman–Crippen LogP) is 4.63. The number of carbonyl (C=O) groups excluding carboxylic acids is 1. The number of halogens is 2. The number of hydrogen-bond acceptors (Lipinski definition) is 4. The summed E-state index contributed by atoms with van der Waals surface area (Å²) in [6.45, 7) is 1.73. The molecule has 5 nitrogen and oxygen atoms in total. The minimum Gasteiger partial charge on any atom is -0.493 e. The highest BCUT2D eigenvalue weighted by Gasteiger charge is 2.10. The molecule has 0 spiro atoms. The molecule has 2 aromatic rings. The molecule has 0 fully saturated rings. The van der Waals surface area contributed by atoms with Crippen LogP contribution in [0.5, 0.6) is 11.5 Å². The minimum atomic E-state index is -0.364. The SMILES string of the molecule is C/C=C/c1ccc(OCC(=O)Nc2cc(Cl)c(N)c(Cl)c2)c(OC)c1. The van der Waals surface area contributed by atoms with Crippen LogP contribution in [0, 0.1) is 0 Å². The van der Waals surface area contributed by atoms with Crippen molar-refractivity contribution in [3.63, 3.8) is 0 Å². The lowest BCUT2D eigenvalue weighted by Gasteiger charge is -2.12. The Morgan fingerprint density at radius 2 is 1.88 bits per heavy atom. The van der Waals surface area contributed by atoms with Crippen LogP contribution >= 0.6 is 23.2 Å². The van der Waals surface area contributed by atoms with Gasteiger partial charge in [-0.05, 0) is 36.8 Å². The van der Waals surface area contributed by atoms with Gasteiger partial charge in [-0.3, -0.25) is 4.79 Å². The van der Waals surface area contributed by atoms with Crippen LogP contribution in [-0.4, -0.2) is 19.6 Å². The number of rotatable bonds is 6. The van der Waals surface area contributed by atoms with E-state index in [-0.39, 0.29) is 28.2 Å². The fraction of sp³-hybridized carbons (Fsp3) is 0.167. The molecular formula is C18H18Cl2N2O3. The van der Waals surface area contributed by atoms with Gasteiger partial charge in [0, 0.05) is 5.69 Å². The summed E-state index contributed by atoms with van der Waals surface area (Å²) in [5, 5.41) is 3.19. The zero-order valence-corrected chi connectivity index (χ0v) is 15.3. The second-order valence-electron chi connectivity index (χ2n) is 5.10. The summed E-state index contributed by atoms with van der Waals surface area (Å²) in [6.07, 6.45) is 3.86. The van der Waals surface area contributed by atoms with E-state index in [1.54, 1.807) is 13.2 Å². The average molecular weight is 381 g/mol. The molecule has 2 rings (SSSR count). The van der Waals surface area contributed by atoms with Gasteiger partial charge in [-0.25, -0.2) is 0 Å². The first kappa shape index (κ1) is 19.0. The van der Waals surface area contributed by atoms with Crippen LogP contribution in [0.25, 0.3) is 6.08 Å². The van der Waals surface area contributed by atoms with Gasteiger partial charge in [-0.15, -0.1) is 0 Å². The molecule has 0 saturated carbocycles. The van der Waals surface area contributed by atoms with Gasteiger partial charge in [-0.1, -0.05) is 41.4 Å². The van der Waals surface area contributed by atoms with Crippen LogP contribution < -0.4 is 20.5 Å². The van der Waals surface area contributed by atoms with Crippen molar-refractivity contribution in [3.05, 3.63) is 52.0 Å². The van der Waals surface area contributed by atoms with Crippen molar-refractivity contribution in [1.82, 2.24) is 0 Å². The second-order valence-corrected chi connectivity index (χ2v) is 5.92. The molecule has 2 aromatic carbocycles. The van der Waals surface area contributed by atoms with Gasteiger partial charge in [0.2, 0.25) is 0 Å². The largest absolute Gasteiger partial charge is 0.493 e. The first-order valence-corrected chi connectivity index (χ1v) is 8.18. The maximum Gasteiger partial charge on any atom is 0.262 e. The van der Waals surface area contributed by atoms with E-state index < -0.39 is 0 Å². The predicted molar refractivity (Wildman–Crippen MR) is 103 cm³/mol. The number of anilines is 2. The number of amides is 1. The van der Waals surface area contributed by atoms with Gasteiger partial charge < -0.3 is 20.5 Å². The molecule has 0 aromatic heterocycles. The van der Waals surface area contributed by atoms with Crippen LogP contribution in [0.1, 0.15) is 12.5 Å². The monoisotopic (exact) mass is 380 g/mol. The van der Waals surface area contributed by atoms with Crippen LogP contribution in [0.2, 0.25) is 10.0 Å². The summed E-state index contributed by atoms with van der Waals surface area (Å²) in [5.41, 5.74) is 7.34. The quantitative estimate of drug-likeness (QED) is 0.716. The number of allylic oxidation sites excluding steroid dienone is 1. The van der Waals surface area contributed by atoms with Gasteiger partial charge in [0.25, 0.3) is 5.91 Å². The summed E-state index contributed by atoms with van der Waals surface area (Å²) in [4.78, 5) is 12.1. The number of nitrogens with one attached hydrogen (secondary N) is 1. The highest BCUT2D eigenvalue weighted by atomic mass is 35.5. The molecule has 0 saturated heterocycles. The smallest absolute Gasteiger partial charge is 0.262 e. The van der Waals surface area contributed by atoms with Gasteiger partial charge in [0.15, 0.2) is 18.1 Å². The molecule has 0 heterocycles. The molecule has 0 aliphatic heterocycles. The Morgan fingerprint density at radius 3 is 2.48 bits per heavy atom. The van der Waals surface area contributed by atoms with Crippen molar-refractivity contribution in [3.8, 4) is 11.5 Å². The Hall–Kier alpha value is -2.37. The maximum absolute atomic E-state index is 12.1. The van der Waals surface area contributed by atoms with Crippen LogP contribution in [0.15, 0.2) is 36.4 Å². The Balaban J connectivity index is 2.02. The van der Waals surface area contributed by atoms with E-state index in [9.17, 15) is 4.79 Å². The Labute approximate surface area is 156 Å². The zero-order valence-electron chi connectivity index (χ0n) is 13.8. The molecule has 132 valence electrons. The molecular weight excluding hydrogens is 363 g/mol. The fourth-order valence-electron chi connectivity index (χ4n) is 2.10. The number of nitrogens with two attached hydrogens (primary N) is 1. The fourth-order valence-corrected chi connectivity index (χ4v) is 2.58. The van der Waals surface area contributed by atoms with Crippen molar-refractivity contribution in [1.29, 1.82) is 0 Å². The molecule has 0 atom stereocenters. The van der Waals surface area contributed by atoms with Gasteiger partial charge in [0.05, 0.1) is 22.8 Å². The van der Waals surface area contributed by atoms with Crippen molar-refractivity contribution in [2.24, 2.45) is 0 Å². The number of ether oxygens (including phenoxy) is 2. The van der Waals surface area contributed by atoms with Crippen LogP contribution in [0.3, 0.4) is 0 Å². The number of nitrogen functional groups attached to an aromatic ring is 1. The van der Waals surface area contributed by atoms with E-state index in [2.05, 4.69) is 5.32 Å². The van der Waals surface area contributed by atoms with E-state index in [0.717, 1.165) is 5.56 Å². The van der Waals surface area contributed by atoms with E-state index in [1.807, 2.05) is 31.2 Å². The lowest BCUT2D eigenvalue weighted by Crippen LogP contribution is -2.20. The van der Waals surface area contributed by atoms with E-state index in [1.165, 1.54) is 12.1 Å². The summed E-state index contributed by atoms with van der Waals surface area (Å²) in [7, 11) is 1.54. The van der Waals surface area contributed by atoms with Crippen molar-refractivity contribution >= 4 is 46.6 Å². The summed E-state index contributed by atoms with van der Waals surface area (Å²) in [6, 6.07) is 8.49. The number of hydrogen-bond donors (Lipinski definition) is 2. The van der Waals surface area contributed by atoms with Crippen LogP contribution in [-0.2, 0) is 4.79 Å². The van der Waals surface area contributed by atoms with Crippen molar-refractivity contribution in [2.75, 3.05) is 24.8 Å². The summed E-state index contributed by atoms with van der Waals surface area (Å²) < 4.78 is 10.8. The molecule has 0 aliphatic carbocycles. The third-order valence-electron chi connectivity index (χ3n) is 3.27. The molecule has 0 aliphatic rings. The number of benzene rings is 2. The highest BCUT2D eigenvalue weighted by molar-refractivity contribution is 6.39. The summed E-state index contributed by atoms with van der Waals surface area (Å²) >= 11 is 11.9. The molecule has 7 heteroatoms. The molecule has 0 unspecified atom stereocenters. The number of carbonyl (C=O) groups is 1. The first-order chi connectivity index (χ1) is 11.9. The third-order valence-corrected chi connectivity index (χ3v) is 3.89. The minimum absolute atomic E-state index is 0.195. The van der Waals surface area contributed by atoms with Crippen molar-refractivity contribution in [2.45, 2.75) is 6.92 Å². The third kappa shape index (κ3) is 5.05. The zero-order chi connectivity index (χ0) is 18.4. The Morgan fingerprint density at radius 1 is 1.20 bits per heavy atom. The second kappa shape index (κ2) is 8.65. The topological polar surface area (TPSA) is 73.6 Å². The van der Waals surface area contributed by atoms with E-state index in [4.69, 9.17) is 38.4 Å². The Kier molecular flexibility index (Phi) is 6.56. The number of methoxy groups -OCH3 is 1. The standard InChI is InChI=1S/C18H18Cl2N2O3/c1-3-4-11-5-6-15(16(7-11)24-2)25-10-17(23)22-12-8-13(19)18(21)14(20)9-12/h3-9H,10,21H2,1-2H3,(H,22,23)/b4-3+. The molecule has 0 radical (unpaired) electrons. The molecule has 3 N–H and O–H groups in total. The summed E-state index contributed by atoms with van der Waals surface area (Å²) in [5.74, 6) is 0.651. The molecule has 1 amide bonds. The van der Waals surface area contributed by atoms with Gasteiger partial charge >= 0.3 is 0 Å². The first-order valence-electron chi connectivity index (χ1n) is 7.42. The van der Waals surface area contributed by atoms with Gasteiger partial charge in [-0.2, -0.15) is 0 Å². The Bertz CT molecular complexity index is 784. The van der Waals surface area contributed by atoms with E-state index in [0.29, 0.717) is 17.2 Å². The van der Waals surface area contributed by atoms with Crippen LogP contribution in [0.4, 0.5) is 11.4 Å². The lowest BCUT2D eigenvalue weighted by atomic mass is 10.2.